The molecule has 2 aromatic rings. The summed E-state index contributed by atoms with van der Waals surface area (Å²) in [6.07, 6.45) is 0. The van der Waals surface area contributed by atoms with E-state index in [0.29, 0.717) is 5.56 Å². The molecule has 0 aliphatic rings. The van der Waals surface area contributed by atoms with Gasteiger partial charge in [0.25, 0.3) is 0 Å². The highest BCUT2D eigenvalue weighted by atomic mass is 19.1. The van der Waals surface area contributed by atoms with E-state index in [9.17, 15) is 13.2 Å². The normalized spacial score (nSPS) is 10.4. The molecule has 2 N–H and O–H groups in total. The van der Waals surface area contributed by atoms with Crippen LogP contribution in [-0.2, 0) is 6.61 Å². The number of hydrogen-bond donors (Lipinski definition) is 1. The fraction of sp³-hybridized carbons (Fsp3) is 0.0769. The molecule has 2 nitrogen and oxygen atoms in total. The van der Waals surface area contributed by atoms with Crippen molar-refractivity contribution in [3.8, 4) is 5.75 Å². The largest absolute Gasteiger partial charge is 0.489 e. The highest BCUT2D eigenvalue weighted by Gasteiger charge is 2.03. The molecule has 2 aromatic carbocycles. The van der Waals surface area contributed by atoms with Crippen LogP contribution < -0.4 is 10.5 Å². The van der Waals surface area contributed by atoms with Crippen LogP contribution in [0.15, 0.2) is 36.4 Å². The number of nitrogen functional groups attached to an aromatic ring is 1. The Bertz CT molecular complexity index is 480. The lowest BCUT2D eigenvalue weighted by Crippen LogP contribution is -1.98. The third kappa shape index (κ3) is 3.16. The minimum absolute atomic E-state index is 0.0230. The maximum Gasteiger partial charge on any atom is 0.129 e. The van der Waals surface area contributed by atoms with Crippen molar-refractivity contribution in [1.29, 1.82) is 0 Å². The van der Waals surface area contributed by atoms with E-state index in [0.717, 1.165) is 18.2 Å². The van der Waals surface area contributed by atoms with Crippen LogP contribution in [0.4, 0.5) is 18.9 Å². The Morgan fingerprint density at radius 1 is 0.833 bits per heavy atom. The van der Waals surface area contributed by atoms with Gasteiger partial charge in [0.15, 0.2) is 0 Å². The summed E-state index contributed by atoms with van der Waals surface area (Å²) in [4.78, 5) is 0. The molecular formula is C13H10F3NO. The Hall–Kier alpha value is -2.17. The second kappa shape index (κ2) is 5.00. The van der Waals surface area contributed by atoms with Crippen LogP contribution in [0.2, 0.25) is 0 Å². The molecule has 0 fully saturated rings. The maximum atomic E-state index is 13.0. The van der Waals surface area contributed by atoms with Crippen LogP contribution in [0.3, 0.4) is 0 Å². The van der Waals surface area contributed by atoms with Crippen LogP contribution in [-0.4, -0.2) is 0 Å². The smallest absolute Gasteiger partial charge is 0.129 e. The van der Waals surface area contributed by atoms with Crippen molar-refractivity contribution < 1.29 is 17.9 Å². The van der Waals surface area contributed by atoms with E-state index >= 15 is 0 Å². The molecule has 5 heteroatoms. The molecule has 0 saturated heterocycles. The van der Waals surface area contributed by atoms with Gasteiger partial charge in [0.1, 0.15) is 29.8 Å². The highest BCUT2D eigenvalue weighted by Crippen LogP contribution is 2.18. The molecule has 0 bridgehead atoms. The quantitative estimate of drug-likeness (QED) is 0.852. The number of anilines is 1. The Balaban J connectivity index is 2.11. The number of halogens is 3. The highest BCUT2D eigenvalue weighted by molar-refractivity contribution is 5.41. The SMILES string of the molecule is Nc1cc(F)cc(COc2cc(F)cc(F)c2)c1. The third-order valence-corrected chi connectivity index (χ3v) is 2.22. The molecule has 0 amide bonds. The molecule has 2 rings (SSSR count). The Morgan fingerprint density at radius 3 is 2.06 bits per heavy atom. The molecule has 0 spiro atoms. The summed E-state index contributed by atoms with van der Waals surface area (Å²) >= 11 is 0. The van der Waals surface area contributed by atoms with Crippen LogP contribution in [0, 0.1) is 17.5 Å². The molecule has 18 heavy (non-hydrogen) atoms. The molecule has 94 valence electrons. The summed E-state index contributed by atoms with van der Waals surface area (Å²) in [6, 6.07) is 6.78. The first kappa shape index (κ1) is 12.3. The summed E-state index contributed by atoms with van der Waals surface area (Å²) in [5, 5.41) is 0. The van der Waals surface area contributed by atoms with Gasteiger partial charge >= 0.3 is 0 Å². The van der Waals surface area contributed by atoms with Gasteiger partial charge in [-0.2, -0.15) is 0 Å². The minimum atomic E-state index is -0.733. The van der Waals surface area contributed by atoms with Gasteiger partial charge in [0.2, 0.25) is 0 Å². The van der Waals surface area contributed by atoms with Gasteiger partial charge in [-0.05, 0) is 23.8 Å². The van der Waals surface area contributed by atoms with Gasteiger partial charge in [-0.1, -0.05) is 0 Å². The van der Waals surface area contributed by atoms with Crippen molar-refractivity contribution in [3.05, 3.63) is 59.4 Å². The standard InChI is InChI=1S/C13H10F3NO/c14-9-1-8(2-12(17)4-9)7-18-13-5-10(15)3-11(16)6-13/h1-6H,7,17H2. The lowest BCUT2D eigenvalue weighted by molar-refractivity contribution is 0.302. The van der Waals surface area contributed by atoms with Crippen molar-refractivity contribution in [3.63, 3.8) is 0 Å². The second-order valence-electron chi connectivity index (χ2n) is 3.79. The van der Waals surface area contributed by atoms with Crippen molar-refractivity contribution in [1.82, 2.24) is 0 Å². The first-order chi connectivity index (χ1) is 8.52. The molecular weight excluding hydrogens is 243 g/mol. The topological polar surface area (TPSA) is 35.2 Å². The summed E-state index contributed by atoms with van der Waals surface area (Å²) in [5.41, 5.74) is 6.21. The van der Waals surface area contributed by atoms with Crippen LogP contribution in [0.5, 0.6) is 5.75 Å². The lowest BCUT2D eigenvalue weighted by Gasteiger charge is -2.07. The lowest BCUT2D eigenvalue weighted by atomic mass is 10.2. The van der Waals surface area contributed by atoms with E-state index in [1.165, 1.54) is 18.2 Å². The number of benzene rings is 2. The van der Waals surface area contributed by atoms with Crippen LogP contribution in [0.25, 0.3) is 0 Å². The molecule has 0 heterocycles. The average Bonchev–Trinajstić information content (AvgIpc) is 2.23. The zero-order valence-electron chi connectivity index (χ0n) is 9.29. The molecule has 0 atom stereocenters. The Kier molecular flexibility index (Phi) is 3.41. The fourth-order valence-electron chi connectivity index (χ4n) is 1.54. The van der Waals surface area contributed by atoms with Gasteiger partial charge in [-0.25, -0.2) is 13.2 Å². The first-order valence-electron chi connectivity index (χ1n) is 5.17. The number of nitrogens with two attached hydrogens (primary N) is 1. The summed E-state index contributed by atoms with van der Waals surface area (Å²) < 4.78 is 44.0. The predicted octanol–water partition coefficient (Wildman–Crippen LogP) is 3.27. The Morgan fingerprint density at radius 2 is 1.44 bits per heavy atom. The van der Waals surface area contributed by atoms with Gasteiger partial charge in [0, 0.05) is 23.9 Å². The number of ether oxygens (including phenoxy) is 1. The van der Waals surface area contributed by atoms with Gasteiger partial charge in [-0.15, -0.1) is 0 Å². The van der Waals surface area contributed by atoms with Crippen LogP contribution in [0.1, 0.15) is 5.56 Å². The van der Waals surface area contributed by atoms with Crippen molar-refractivity contribution in [2.24, 2.45) is 0 Å². The third-order valence-electron chi connectivity index (χ3n) is 2.22. The minimum Gasteiger partial charge on any atom is -0.489 e. The predicted molar refractivity (Wildman–Crippen MR) is 61.5 cm³/mol. The average molecular weight is 253 g/mol. The molecule has 0 aliphatic carbocycles. The zero-order valence-corrected chi connectivity index (χ0v) is 9.29. The molecule has 0 saturated carbocycles. The van der Waals surface area contributed by atoms with Crippen molar-refractivity contribution in [2.45, 2.75) is 6.61 Å². The number of rotatable bonds is 3. The van der Waals surface area contributed by atoms with E-state index in [4.69, 9.17) is 10.5 Å². The monoisotopic (exact) mass is 253 g/mol. The molecule has 0 radical (unpaired) electrons. The summed E-state index contributed by atoms with van der Waals surface area (Å²) in [5.74, 6) is -1.91. The summed E-state index contributed by atoms with van der Waals surface area (Å²) in [7, 11) is 0. The molecule has 0 aliphatic heterocycles. The maximum absolute atomic E-state index is 13.0. The summed E-state index contributed by atoms with van der Waals surface area (Å²) in [6.45, 7) is -0.0230. The second-order valence-corrected chi connectivity index (χ2v) is 3.79. The van der Waals surface area contributed by atoms with E-state index in [2.05, 4.69) is 0 Å². The molecule has 0 aromatic heterocycles. The Labute approximate surface area is 102 Å². The van der Waals surface area contributed by atoms with Crippen molar-refractivity contribution in [2.75, 3.05) is 5.73 Å². The van der Waals surface area contributed by atoms with E-state index < -0.39 is 17.5 Å². The fourth-order valence-corrected chi connectivity index (χ4v) is 1.54. The van der Waals surface area contributed by atoms with Crippen molar-refractivity contribution >= 4 is 5.69 Å². The van der Waals surface area contributed by atoms with Gasteiger partial charge in [0.05, 0.1) is 0 Å². The number of hydrogen-bond acceptors (Lipinski definition) is 2. The molecule has 0 unspecified atom stereocenters. The first-order valence-corrected chi connectivity index (χ1v) is 5.17. The zero-order chi connectivity index (χ0) is 13.1. The van der Waals surface area contributed by atoms with Gasteiger partial charge < -0.3 is 10.5 Å². The van der Waals surface area contributed by atoms with Crippen LogP contribution >= 0.6 is 0 Å². The van der Waals surface area contributed by atoms with E-state index in [-0.39, 0.29) is 18.0 Å². The van der Waals surface area contributed by atoms with E-state index in [1.54, 1.807) is 0 Å². The van der Waals surface area contributed by atoms with Gasteiger partial charge in [-0.3, -0.25) is 0 Å². The van der Waals surface area contributed by atoms with E-state index in [1.807, 2.05) is 0 Å².